The van der Waals surface area contributed by atoms with Gasteiger partial charge in [-0.25, -0.2) is 9.78 Å². The summed E-state index contributed by atoms with van der Waals surface area (Å²) in [5, 5.41) is 2.51. The number of hydrogen-bond donors (Lipinski definition) is 1. The van der Waals surface area contributed by atoms with Crippen molar-refractivity contribution in [3.8, 4) is 0 Å². The fourth-order valence-electron chi connectivity index (χ4n) is 1.31. The van der Waals surface area contributed by atoms with Gasteiger partial charge in [-0.05, 0) is 24.3 Å². The van der Waals surface area contributed by atoms with Crippen molar-refractivity contribution in [3.63, 3.8) is 0 Å². The molecule has 0 spiro atoms. The fourth-order valence-corrected chi connectivity index (χ4v) is 1.31. The highest BCUT2D eigenvalue weighted by Gasteiger charge is 2.11. The van der Waals surface area contributed by atoms with Crippen LogP contribution in [0.5, 0.6) is 0 Å². The smallest absolute Gasteiger partial charge is 0.356 e. The van der Waals surface area contributed by atoms with Crippen LogP contribution in [0.4, 0.5) is 5.82 Å². The molecule has 2 aromatic heterocycles. The summed E-state index contributed by atoms with van der Waals surface area (Å²) in [6.45, 7) is 0. The highest BCUT2D eigenvalue weighted by atomic mass is 16.5. The lowest BCUT2D eigenvalue weighted by molar-refractivity contribution is 0.0594. The summed E-state index contributed by atoms with van der Waals surface area (Å²) in [7, 11) is 1.26. The van der Waals surface area contributed by atoms with Crippen molar-refractivity contribution in [2.75, 3.05) is 12.4 Å². The number of anilines is 1. The third kappa shape index (κ3) is 2.54. The monoisotopic (exact) mass is 246 g/mol. The maximum atomic E-state index is 11.7. The number of carbonyl (C=O) groups is 2. The molecule has 2 rings (SSSR count). The van der Waals surface area contributed by atoms with Crippen molar-refractivity contribution in [2.24, 2.45) is 0 Å². The molecule has 6 nitrogen and oxygen atoms in total. The number of methoxy groups -OCH3 is 1. The van der Waals surface area contributed by atoms with E-state index in [9.17, 15) is 9.59 Å². The van der Waals surface area contributed by atoms with Gasteiger partial charge in [0.1, 0.15) is 5.82 Å². The second kappa shape index (κ2) is 5.13. The first-order chi connectivity index (χ1) is 8.70. The third-order valence-corrected chi connectivity index (χ3v) is 2.13. The molecule has 6 heteroatoms. The molecule has 0 unspecified atom stereocenters. The summed E-state index contributed by atoms with van der Waals surface area (Å²) in [6, 6.07) is 7.78. The van der Waals surface area contributed by atoms with Gasteiger partial charge in [-0.15, -0.1) is 0 Å². The van der Waals surface area contributed by atoms with Crippen LogP contribution in [0.2, 0.25) is 0 Å². The Bertz CT molecular complexity index is 563. The zero-order valence-corrected chi connectivity index (χ0v) is 9.54. The number of furan rings is 1. The molecule has 0 aliphatic carbocycles. The van der Waals surface area contributed by atoms with E-state index in [-0.39, 0.29) is 17.3 Å². The van der Waals surface area contributed by atoms with E-state index in [2.05, 4.69) is 15.0 Å². The van der Waals surface area contributed by atoms with Gasteiger partial charge in [0.25, 0.3) is 5.91 Å². The summed E-state index contributed by atoms with van der Waals surface area (Å²) < 4.78 is 9.47. The Balaban J connectivity index is 2.15. The Morgan fingerprint density at radius 3 is 2.78 bits per heavy atom. The van der Waals surface area contributed by atoms with Gasteiger partial charge in [-0.3, -0.25) is 4.79 Å². The molecule has 1 N–H and O–H groups in total. The second-order valence-corrected chi connectivity index (χ2v) is 3.33. The number of hydrogen-bond acceptors (Lipinski definition) is 5. The lowest BCUT2D eigenvalue weighted by Gasteiger charge is -2.03. The molecule has 1 amide bonds. The minimum atomic E-state index is -0.566. The van der Waals surface area contributed by atoms with Gasteiger partial charge in [0, 0.05) is 0 Å². The molecule has 2 aromatic rings. The zero-order chi connectivity index (χ0) is 13.0. The average Bonchev–Trinajstić information content (AvgIpc) is 2.92. The minimum absolute atomic E-state index is 0.120. The highest BCUT2D eigenvalue weighted by molar-refractivity contribution is 6.01. The van der Waals surface area contributed by atoms with Crippen molar-refractivity contribution in [3.05, 3.63) is 48.0 Å². The van der Waals surface area contributed by atoms with Crippen molar-refractivity contribution >= 4 is 17.7 Å². The molecular weight excluding hydrogens is 236 g/mol. The first kappa shape index (κ1) is 11.8. The van der Waals surface area contributed by atoms with Crippen LogP contribution in [-0.4, -0.2) is 24.0 Å². The Hall–Kier alpha value is -2.63. The van der Waals surface area contributed by atoms with Crippen LogP contribution in [0, 0.1) is 0 Å². The summed E-state index contributed by atoms with van der Waals surface area (Å²) in [5.74, 6) is -0.585. The fraction of sp³-hybridized carbons (Fsp3) is 0.0833. The molecule has 0 aromatic carbocycles. The topological polar surface area (TPSA) is 81.4 Å². The molecule has 0 fully saturated rings. The largest absolute Gasteiger partial charge is 0.464 e. The zero-order valence-electron chi connectivity index (χ0n) is 9.54. The predicted octanol–water partition coefficient (Wildman–Crippen LogP) is 1.71. The van der Waals surface area contributed by atoms with Gasteiger partial charge in [0.05, 0.1) is 13.4 Å². The predicted molar refractivity (Wildman–Crippen MR) is 62.2 cm³/mol. The molecule has 0 atom stereocenters. The summed E-state index contributed by atoms with van der Waals surface area (Å²) in [5.41, 5.74) is 0.120. The highest BCUT2D eigenvalue weighted by Crippen LogP contribution is 2.08. The molecule has 92 valence electrons. The number of nitrogens with zero attached hydrogens (tertiary/aromatic N) is 1. The van der Waals surface area contributed by atoms with Gasteiger partial charge in [0.15, 0.2) is 11.5 Å². The van der Waals surface area contributed by atoms with Crippen LogP contribution in [0.25, 0.3) is 0 Å². The first-order valence-electron chi connectivity index (χ1n) is 5.11. The Morgan fingerprint density at radius 1 is 1.28 bits per heavy atom. The Labute approximate surface area is 103 Å². The third-order valence-electron chi connectivity index (χ3n) is 2.13. The van der Waals surface area contributed by atoms with E-state index in [1.165, 1.54) is 25.5 Å². The Kier molecular flexibility index (Phi) is 3.38. The molecule has 0 aliphatic heterocycles. The minimum Gasteiger partial charge on any atom is -0.464 e. The lowest BCUT2D eigenvalue weighted by atomic mass is 10.3. The number of pyridine rings is 1. The van der Waals surface area contributed by atoms with E-state index in [0.29, 0.717) is 0 Å². The van der Waals surface area contributed by atoms with Crippen molar-refractivity contribution in [1.82, 2.24) is 4.98 Å². The molecule has 0 saturated carbocycles. The van der Waals surface area contributed by atoms with E-state index in [1.54, 1.807) is 18.2 Å². The number of amides is 1. The van der Waals surface area contributed by atoms with Crippen LogP contribution in [0.15, 0.2) is 41.0 Å². The quantitative estimate of drug-likeness (QED) is 0.834. The number of rotatable bonds is 3. The first-order valence-corrected chi connectivity index (χ1v) is 5.11. The Morgan fingerprint density at radius 2 is 2.11 bits per heavy atom. The van der Waals surface area contributed by atoms with Crippen LogP contribution >= 0.6 is 0 Å². The molecule has 0 saturated heterocycles. The van der Waals surface area contributed by atoms with E-state index in [0.717, 1.165) is 0 Å². The van der Waals surface area contributed by atoms with Crippen LogP contribution in [-0.2, 0) is 4.74 Å². The van der Waals surface area contributed by atoms with Gasteiger partial charge in [-0.2, -0.15) is 0 Å². The molecule has 18 heavy (non-hydrogen) atoms. The van der Waals surface area contributed by atoms with Crippen molar-refractivity contribution in [2.45, 2.75) is 0 Å². The maximum Gasteiger partial charge on any atom is 0.356 e. The van der Waals surface area contributed by atoms with Gasteiger partial charge >= 0.3 is 5.97 Å². The molecular formula is C12H10N2O4. The summed E-state index contributed by atoms with van der Waals surface area (Å²) >= 11 is 0. The van der Waals surface area contributed by atoms with Gasteiger partial charge in [0.2, 0.25) is 0 Å². The number of esters is 1. The SMILES string of the molecule is COC(=O)c1cccc(NC(=O)c2ccco2)n1. The summed E-state index contributed by atoms with van der Waals surface area (Å²) in [6.07, 6.45) is 1.40. The van der Waals surface area contributed by atoms with Crippen molar-refractivity contribution < 1.29 is 18.7 Å². The summed E-state index contributed by atoms with van der Waals surface area (Å²) in [4.78, 5) is 26.9. The van der Waals surface area contributed by atoms with Gasteiger partial charge in [-0.1, -0.05) is 6.07 Å². The normalized spacial score (nSPS) is 9.83. The average molecular weight is 246 g/mol. The van der Waals surface area contributed by atoms with E-state index in [1.807, 2.05) is 0 Å². The van der Waals surface area contributed by atoms with Crippen LogP contribution in [0.1, 0.15) is 21.0 Å². The van der Waals surface area contributed by atoms with Crippen LogP contribution in [0.3, 0.4) is 0 Å². The van der Waals surface area contributed by atoms with Crippen molar-refractivity contribution in [1.29, 1.82) is 0 Å². The maximum absolute atomic E-state index is 11.7. The van der Waals surface area contributed by atoms with Gasteiger partial charge < -0.3 is 14.5 Å². The molecule has 0 bridgehead atoms. The number of nitrogens with one attached hydrogen (secondary N) is 1. The number of ether oxygens (including phenoxy) is 1. The van der Waals surface area contributed by atoms with E-state index >= 15 is 0 Å². The molecule has 2 heterocycles. The lowest BCUT2D eigenvalue weighted by Crippen LogP contribution is -2.13. The number of aromatic nitrogens is 1. The van der Waals surface area contributed by atoms with E-state index in [4.69, 9.17) is 4.42 Å². The number of carbonyl (C=O) groups excluding carboxylic acids is 2. The molecule has 0 radical (unpaired) electrons. The molecule has 0 aliphatic rings. The second-order valence-electron chi connectivity index (χ2n) is 3.33. The van der Waals surface area contributed by atoms with Crippen LogP contribution < -0.4 is 5.32 Å². The standard InChI is InChI=1S/C12H10N2O4/c1-17-12(16)8-4-2-6-10(13-8)14-11(15)9-5-3-7-18-9/h2-7H,1H3,(H,13,14,15). The van der Waals surface area contributed by atoms with E-state index < -0.39 is 11.9 Å².